The molecule has 5 rings (SSSR count). The van der Waals surface area contributed by atoms with Crippen molar-refractivity contribution in [3.63, 3.8) is 0 Å². The maximum absolute atomic E-state index is 13.8. The fourth-order valence-electron chi connectivity index (χ4n) is 6.09. The van der Waals surface area contributed by atoms with Crippen molar-refractivity contribution in [3.05, 3.63) is 64.5 Å². The second-order valence-corrected chi connectivity index (χ2v) is 11.5. The summed E-state index contributed by atoms with van der Waals surface area (Å²) in [4.78, 5) is 42.3. The molecule has 7 nitrogen and oxygen atoms in total. The number of carboxylic acids is 1. The summed E-state index contributed by atoms with van der Waals surface area (Å²) in [6, 6.07) is 5.58. The highest BCUT2D eigenvalue weighted by atomic mass is 32.1. The van der Waals surface area contributed by atoms with Crippen molar-refractivity contribution in [1.29, 1.82) is 0 Å². The fourth-order valence-corrected chi connectivity index (χ4v) is 7.04. The summed E-state index contributed by atoms with van der Waals surface area (Å²) in [6.45, 7) is 1.05. The monoisotopic (exact) mass is 615 g/mol. The van der Waals surface area contributed by atoms with Crippen molar-refractivity contribution in [1.82, 2.24) is 4.98 Å². The van der Waals surface area contributed by atoms with E-state index >= 15 is 0 Å². The lowest BCUT2D eigenvalue weighted by Gasteiger charge is -2.27. The molecule has 4 atom stereocenters. The van der Waals surface area contributed by atoms with Crippen molar-refractivity contribution in [2.24, 2.45) is 23.7 Å². The second kappa shape index (κ2) is 11.8. The summed E-state index contributed by atoms with van der Waals surface area (Å²) in [5.41, 5.74) is -0.545. The Morgan fingerprint density at radius 2 is 1.91 bits per heavy atom. The van der Waals surface area contributed by atoms with Crippen LogP contribution in [-0.2, 0) is 15.8 Å². The number of ketones is 2. The van der Waals surface area contributed by atoms with Crippen LogP contribution >= 0.6 is 11.3 Å². The molecule has 1 aromatic heterocycles. The molecular formula is C31H25F4NO6S. The van der Waals surface area contributed by atoms with Gasteiger partial charge in [-0.05, 0) is 85.8 Å². The lowest BCUT2D eigenvalue weighted by Crippen LogP contribution is -2.28. The maximum Gasteiger partial charge on any atom is 0.419 e. The molecule has 224 valence electrons. The van der Waals surface area contributed by atoms with Crippen molar-refractivity contribution in [3.8, 4) is 22.8 Å². The minimum Gasteiger partial charge on any atom is -0.496 e. The number of Topliss-reactive ketones (excluding diaryl/α,β-unsaturated/α-hetero) is 2. The van der Waals surface area contributed by atoms with E-state index in [0.717, 1.165) is 36.7 Å². The minimum absolute atomic E-state index is 0.0308. The minimum atomic E-state index is -4.89. The van der Waals surface area contributed by atoms with E-state index in [0.29, 0.717) is 33.7 Å². The number of fused-ring (bicyclic) bond motifs is 3. The third-order valence-corrected chi connectivity index (χ3v) is 8.95. The molecule has 2 saturated carbocycles. The fraction of sp³-hybridized carbons (Fsp3) is 0.355. The van der Waals surface area contributed by atoms with Gasteiger partial charge in [-0.15, -0.1) is 0 Å². The van der Waals surface area contributed by atoms with Gasteiger partial charge in [0.2, 0.25) is 5.78 Å². The number of thiazole rings is 1. The van der Waals surface area contributed by atoms with Crippen LogP contribution in [0.25, 0.3) is 10.2 Å². The van der Waals surface area contributed by atoms with Crippen LogP contribution in [-0.4, -0.2) is 41.3 Å². The van der Waals surface area contributed by atoms with E-state index in [1.54, 1.807) is 25.1 Å². The van der Waals surface area contributed by atoms with Gasteiger partial charge in [0.1, 0.15) is 11.6 Å². The number of carbonyl (C=O) groups is 3. The van der Waals surface area contributed by atoms with Crippen molar-refractivity contribution < 1.29 is 46.5 Å². The third kappa shape index (κ3) is 6.13. The number of aromatic nitrogens is 1. The Morgan fingerprint density at radius 3 is 2.60 bits per heavy atom. The van der Waals surface area contributed by atoms with Gasteiger partial charge in [0.15, 0.2) is 12.4 Å². The summed E-state index contributed by atoms with van der Waals surface area (Å²) >= 11 is 1.02. The highest BCUT2D eigenvalue weighted by molar-refractivity contribution is 7.20. The zero-order valence-corrected chi connectivity index (χ0v) is 23.8. The molecule has 1 unspecified atom stereocenters. The van der Waals surface area contributed by atoms with E-state index in [9.17, 15) is 31.9 Å². The number of methoxy groups -OCH3 is 1. The first kappa shape index (κ1) is 30.2. The number of allylic oxidation sites excluding steroid dienone is 2. The standard InChI is InChI=1S/C31H25F4NO6S/c1-15(28(40)27-24(41-2)10-8-22-29(27)43-30(36-22)42-14-25(38)39)11-19-17-5-6-18(13-17)26(19)23(37)9-4-16-3-7-21(32)20(12-16)31(33,34)35/h3,7-8,10-12,17-19,26H,5-6,13-14H2,1-2H3,(H,38,39)/b15-11-/t17-,18+,19?,26-/m0/s1. The number of alkyl halides is 3. The number of carbonyl (C=O) groups excluding carboxylic acids is 2. The van der Waals surface area contributed by atoms with Gasteiger partial charge in [0.05, 0.1) is 28.5 Å². The van der Waals surface area contributed by atoms with Crippen LogP contribution in [0.1, 0.15) is 47.7 Å². The van der Waals surface area contributed by atoms with Gasteiger partial charge in [0.25, 0.3) is 5.19 Å². The van der Waals surface area contributed by atoms with Gasteiger partial charge in [-0.3, -0.25) is 9.59 Å². The topological polar surface area (TPSA) is 103 Å². The van der Waals surface area contributed by atoms with E-state index in [1.807, 2.05) is 0 Å². The first-order valence-electron chi connectivity index (χ1n) is 13.3. The summed E-state index contributed by atoms with van der Waals surface area (Å²) in [5.74, 6) is 1.20. The number of rotatable bonds is 8. The van der Waals surface area contributed by atoms with E-state index < -0.39 is 41.8 Å². The smallest absolute Gasteiger partial charge is 0.419 e. The van der Waals surface area contributed by atoms with E-state index in [1.165, 1.54) is 7.11 Å². The van der Waals surface area contributed by atoms with E-state index in [-0.39, 0.29) is 39.9 Å². The SMILES string of the molecule is COc1ccc2nc(OCC(=O)O)sc2c1C(=O)/C(C)=C\C1[C@H]2CC[C@H](C2)[C@@H]1C(=O)C#Cc1ccc(F)c(C(F)(F)F)c1. The number of aliphatic carboxylic acids is 1. The number of benzene rings is 2. The van der Waals surface area contributed by atoms with Crippen molar-refractivity contribution in [2.45, 2.75) is 32.4 Å². The van der Waals surface area contributed by atoms with Crippen LogP contribution in [0.4, 0.5) is 17.6 Å². The quantitative estimate of drug-likeness (QED) is 0.137. The lowest BCUT2D eigenvalue weighted by atomic mass is 9.76. The van der Waals surface area contributed by atoms with Crippen LogP contribution in [0, 0.1) is 41.3 Å². The predicted molar refractivity (Wildman–Crippen MR) is 148 cm³/mol. The molecule has 1 N–H and O–H groups in total. The molecular weight excluding hydrogens is 590 g/mol. The lowest BCUT2D eigenvalue weighted by molar-refractivity contribution is -0.140. The number of ether oxygens (including phenoxy) is 2. The molecule has 12 heteroatoms. The molecule has 1 heterocycles. The third-order valence-electron chi connectivity index (χ3n) is 7.95. The molecule has 2 aromatic carbocycles. The molecule has 0 spiro atoms. The Balaban J connectivity index is 1.43. The summed E-state index contributed by atoms with van der Waals surface area (Å²) in [5, 5.41) is 9.00. The largest absolute Gasteiger partial charge is 0.496 e. The van der Waals surface area contributed by atoms with Gasteiger partial charge in [-0.1, -0.05) is 23.3 Å². The van der Waals surface area contributed by atoms with Gasteiger partial charge in [0, 0.05) is 11.5 Å². The number of hydrogen-bond acceptors (Lipinski definition) is 7. The Bertz CT molecular complexity index is 1720. The molecule has 43 heavy (non-hydrogen) atoms. The Labute approximate surface area is 247 Å². The molecule has 3 aromatic rings. The Kier molecular flexibility index (Phi) is 8.29. The molecule has 2 aliphatic carbocycles. The highest BCUT2D eigenvalue weighted by Crippen LogP contribution is 2.53. The van der Waals surface area contributed by atoms with Crippen LogP contribution in [0.3, 0.4) is 0 Å². The van der Waals surface area contributed by atoms with E-state index in [4.69, 9.17) is 14.6 Å². The van der Waals surface area contributed by atoms with Crippen LogP contribution in [0.2, 0.25) is 0 Å². The first-order chi connectivity index (χ1) is 20.4. The highest BCUT2D eigenvalue weighted by Gasteiger charge is 2.49. The average Bonchev–Trinajstić information content (AvgIpc) is 3.68. The first-order valence-corrected chi connectivity index (χ1v) is 14.2. The maximum atomic E-state index is 13.8. The van der Waals surface area contributed by atoms with Gasteiger partial charge >= 0.3 is 12.1 Å². The molecule has 0 radical (unpaired) electrons. The zero-order valence-electron chi connectivity index (χ0n) is 23.0. The molecule has 0 amide bonds. The summed E-state index contributed by atoms with van der Waals surface area (Å²) < 4.78 is 64.1. The Morgan fingerprint density at radius 1 is 1.16 bits per heavy atom. The van der Waals surface area contributed by atoms with Gasteiger partial charge in [-0.25, -0.2) is 14.2 Å². The molecule has 2 bridgehead atoms. The molecule has 2 aliphatic rings. The normalized spacial score (nSPS) is 21.4. The number of nitrogens with zero attached hydrogens (tertiary/aromatic N) is 1. The molecule has 0 aliphatic heterocycles. The number of hydrogen-bond donors (Lipinski definition) is 1. The predicted octanol–water partition coefficient (Wildman–Crippen LogP) is 6.34. The number of carboxylic acid groups (broad SMARTS) is 1. The van der Waals surface area contributed by atoms with Crippen LogP contribution in [0.15, 0.2) is 42.0 Å². The number of halogens is 4. The second-order valence-electron chi connectivity index (χ2n) is 10.6. The summed E-state index contributed by atoms with van der Waals surface area (Å²) in [6.07, 6.45) is -0.669. The van der Waals surface area contributed by atoms with Crippen LogP contribution in [0.5, 0.6) is 10.9 Å². The zero-order chi connectivity index (χ0) is 31.1. The van der Waals surface area contributed by atoms with E-state index in [2.05, 4.69) is 16.8 Å². The molecule has 0 saturated heterocycles. The van der Waals surface area contributed by atoms with Gasteiger partial charge < -0.3 is 14.6 Å². The average molecular weight is 616 g/mol. The van der Waals surface area contributed by atoms with Crippen molar-refractivity contribution >= 4 is 39.1 Å². The molecule has 2 fully saturated rings. The summed E-state index contributed by atoms with van der Waals surface area (Å²) in [7, 11) is 1.42. The Hall–Kier alpha value is -4.24. The van der Waals surface area contributed by atoms with Gasteiger partial charge in [-0.2, -0.15) is 13.2 Å². The van der Waals surface area contributed by atoms with Crippen LogP contribution < -0.4 is 9.47 Å². The van der Waals surface area contributed by atoms with Crippen molar-refractivity contribution in [2.75, 3.05) is 13.7 Å².